The summed E-state index contributed by atoms with van der Waals surface area (Å²) in [4.78, 5) is 4.38. The Bertz CT molecular complexity index is 412. The van der Waals surface area contributed by atoms with Gasteiger partial charge in [0.15, 0.2) is 0 Å². The van der Waals surface area contributed by atoms with Crippen LogP contribution in [-0.4, -0.2) is 10.1 Å². The van der Waals surface area contributed by atoms with Crippen LogP contribution in [0.4, 0.5) is 0 Å². The highest BCUT2D eigenvalue weighted by atomic mass is 16.5. The van der Waals surface area contributed by atoms with E-state index < -0.39 is 0 Å². The predicted molar refractivity (Wildman–Crippen MR) is 56.0 cm³/mol. The molecule has 4 heteroatoms. The number of aromatic nitrogens is 2. The number of pyridine rings is 1. The van der Waals surface area contributed by atoms with Crippen molar-refractivity contribution in [1.29, 1.82) is 0 Å². The van der Waals surface area contributed by atoms with Crippen LogP contribution in [0, 0.1) is 6.92 Å². The molecule has 0 radical (unpaired) electrons. The van der Waals surface area contributed by atoms with Crippen LogP contribution < -0.4 is 5.32 Å². The van der Waals surface area contributed by atoms with Crippen LogP contribution >= 0.6 is 0 Å². The average molecular weight is 203 g/mol. The fourth-order valence-electron chi connectivity index (χ4n) is 1.35. The van der Waals surface area contributed by atoms with Gasteiger partial charge >= 0.3 is 0 Å². The molecule has 78 valence electrons. The van der Waals surface area contributed by atoms with Gasteiger partial charge in [-0.3, -0.25) is 4.98 Å². The minimum atomic E-state index is 0.676. The molecular formula is C11H13N3O. The summed E-state index contributed by atoms with van der Waals surface area (Å²) < 4.78 is 4.96. The van der Waals surface area contributed by atoms with E-state index in [9.17, 15) is 0 Å². The lowest BCUT2D eigenvalue weighted by atomic mass is 10.3. The topological polar surface area (TPSA) is 51.0 Å². The minimum absolute atomic E-state index is 0.676. The van der Waals surface area contributed by atoms with Crippen molar-refractivity contribution in [3.63, 3.8) is 0 Å². The maximum Gasteiger partial charge on any atom is 0.150 e. The van der Waals surface area contributed by atoms with Gasteiger partial charge in [0.25, 0.3) is 0 Å². The Kier molecular flexibility index (Phi) is 3.09. The molecule has 2 rings (SSSR count). The third-order valence-corrected chi connectivity index (χ3v) is 2.04. The highest BCUT2D eigenvalue weighted by Crippen LogP contribution is 1.99. The predicted octanol–water partition coefficient (Wildman–Crippen LogP) is 1.67. The molecule has 0 saturated carbocycles. The molecule has 0 spiro atoms. The summed E-state index contributed by atoms with van der Waals surface area (Å²) >= 11 is 0. The molecule has 0 amide bonds. The van der Waals surface area contributed by atoms with Gasteiger partial charge in [-0.1, -0.05) is 11.2 Å². The van der Waals surface area contributed by atoms with Crippen molar-refractivity contribution < 1.29 is 4.52 Å². The standard InChI is InChI=1S/C11H13N3O/c1-9-3-2-4-10(14-9)7-12-8-11-5-6-13-15-11/h2-6,12H,7-8H2,1H3. The molecule has 0 saturated heterocycles. The molecule has 0 unspecified atom stereocenters. The van der Waals surface area contributed by atoms with Crippen LogP contribution in [0.3, 0.4) is 0 Å². The second-order valence-electron chi connectivity index (χ2n) is 3.35. The van der Waals surface area contributed by atoms with E-state index in [-0.39, 0.29) is 0 Å². The van der Waals surface area contributed by atoms with Crippen LogP contribution in [0.15, 0.2) is 35.0 Å². The molecule has 0 aliphatic rings. The van der Waals surface area contributed by atoms with Crippen LogP contribution in [0.25, 0.3) is 0 Å². The summed E-state index contributed by atoms with van der Waals surface area (Å²) in [5.41, 5.74) is 2.07. The van der Waals surface area contributed by atoms with Gasteiger partial charge in [-0.2, -0.15) is 0 Å². The van der Waals surface area contributed by atoms with Gasteiger partial charge in [-0.05, 0) is 19.1 Å². The fraction of sp³-hybridized carbons (Fsp3) is 0.273. The van der Waals surface area contributed by atoms with Gasteiger partial charge in [-0.25, -0.2) is 0 Å². The second kappa shape index (κ2) is 4.70. The third-order valence-electron chi connectivity index (χ3n) is 2.04. The van der Waals surface area contributed by atoms with Crippen LogP contribution in [0.1, 0.15) is 17.1 Å². The zero-order valence-corrected chi connectivity index (χ0v) is 8.60. The van der Waals surface area contributed by atoms with Gasteiger partial charge in [0.05, 0.1) is 18.4 Å². The molecule has 2 heterocycles. The molecule has 2 aromatic rings. The number of nitrogens with zero attached hydrogens (tertiary/aromatic N) is 2. The van der Waals surface area contributed by atoms with E-state index in [1.54, 1.807) is 6.20 Å². The van der Waals surface area contributed by atoms with E-state index in [0.717, 1.165) is 23.7 Å². The first-order valence-electron chi connectivity index (χ1n) is 4.87. The lowest BCUT2D eigenvalue weighted by molar-refractivity contribution is 0.372. The molecule has 1 N–H and O–H groups in total. The molecular weight excluding hydrogens is 190 g/mol. The number of hydrogen-bond acceptors (Lipinski definition) is 4. The number of hydrogen-bond donors (Lipinski definition) is 1. The fourth-order valence-corrected chi connectivity index (χ4v) is 1.35. The third kappa shape index (κ3) is 2.89. The highest BCUT2D eigenvalue weighted by Gasteiger charge is 1.97. The summed E-state index contributed by atoms with van der Waals surface area (Å²) in [6, 6.07) is 7.84. The van der Waals surface area contributed by atoms with Crippen LogP contribution in [0.5, 0.6) is 0 Å². The number of nitrogens with one attached hydrogen (secondary N) is 1. The average Bonchev–Trinajstić information content (AvgIpc) is 2.71. The van der Waals surface area contributed by atoms with Gasteiger partial charge < -0.3 is 9.84 Å². The molecule has 0 aliphatic heterocycles. The van der Waals surface area contributed by atoms with Gasteiger partial charge in [-0.15, -0.1) is 0 Å². The van der Waals surface area contributed by atoms with Crippen molar-refractivity contribution in [3.05, 3.63) is 47.6 Å². The Morgan fingerprint density at radius 3 is 2.93 bits per heavy atom. The molecule has 4 nitrogen and oxygen atoms in total. The SMILES string of the molecule is Cc1cccc(CNCc2ccno2)n1. The van der Waals surface area contributed by atoms with Crippen molar-refractivity contribution in [2.45, 2.75) is 20.0 Å². The summed E-state index contributed by atoms with van der Waals surface area (Å²) in [5.74, 6) is 0.836. The Hall–Kier alpha value is -1.68. The Morgan fingerprint density at radius 2 is 2.20 bits per heavy atom. The lowest BCUT2D eigenvalue weighted by Crippen LogP contribution is -2.13. The lowest BCUT2D eigenvalue weighted by Gasteiger charge is -2.02. The van der Waals surface area contributed by atoms with E-state index in [4.69, 9.17) is 4.52 Å². The van der Waals surface area contributed by atoms with Gasteiger partial charge in [0, 0.05) is 18.3 Å². The minimum Gasteiger partial charge on any atom is -0.360 e. The molecule has 0 aromatic carbocycles. The molecule has 0 bridgehead atoms. The maximum absolute atomic E-state index is 4.96. The summed E-state index contributed by atoms with van der Waals surface area (Å²) in [6.45, 7) is 3.40. The van der Waals surface area contributed by atoms with E-state index >= 15 is 0 Å². The van der Waals surface area contributed by atoms with Gasteiger partial charge in [0.1, 0.15) is 5.76 Å². The van der Waals surface area contributed by atoms with E-state index in [2.05, 4.69) is 15.5 Å². The maximum atomic E-state index is 4.96. The smallest absolute Gasteiger partial charge is 0.150 e. The van der Waals surface area contributed by atoms with E-state index in [0.29, 0.717) is 6.54 Å². The van der Waals surface area contributed by atoms with Crippen molar-refractivity contribution >= 4 is 0 Å². The normalized spacial score (nSPS) is 10.5. The first-order chi connectivity index (χ1) is 7.34. The monoisotopic (exact) mass is 203 g/mol. The first-order valence-corrected chi connectivity index (χ1v) is 4.87. The first kappa shape index (κ1) is 9.86. The zero-order valence-electron chi connectivity index (χ0n) is 8.60. The zero-order chi connectivity index (χ0) is 10.5. The van der Waals surface area contributed by atoms with Crippen LogP contribution in [-0.2, 0) is 13.1 Å². The van der Waals surface area contributed by atoms with Crippen molar-refractivity contribution in [2.24, 2.45) is 0 Å². The van der Waals surface area contributed by atoms with E-state index in [1.807, 2.05) is 31.2 Å². The highest BCUT2D eigenvalue weighted by molar-refractivity contribution is 5.09. The molecule has 15 heavy (non-hydrogen) atoms. The van der Waals surface area contributed by atoms with Crippen LogP contribution in [0.2, 0.25) is 0 Å². The summed E-state index contributed by atoms with van der Waals surface area (Å²) in [7, 11) is 0. The number of rotatable bonds is 4. The van der Waals surface area contributed by atoms with Crippen molar-refractivity contribution in [1.82, 2.24) is 15.5 Å². The molecule has 0 aliphatic carbocycles. The van der Waals surface area contributed by atoms with E-state index in [1.165, 1.54) is 0 Å². The molecule has 0 fully saturated rings. The quantitative estimate of drug-likeness (QED) is 0.821. The molecule has 0 atom stereocenters. The Labute approximate surface area is 88.3 Å². The van der Waals surface area contributed by atoms with Gasteiger partial charge in [0.2, 0.25) is 0 Å². The summed E-state index contributed by atoms with van der Waals surface area (Å²) in [5, 5.41) is 6.87. The summed E-state index contributed by atoms with van der Waals surface area (Å²) in [6.07, 6.45) is 1.64. The molecule has 2 aromatic heterocycles. The van der Waals surface area contributed by atoms with Crippen molar-refractivity contribution in [2.75, 3.05) is 0 Å². The Morgan fingerprint density at radius 1 is 1.27 bits per heavy atom. The van der Waals surface area contributed by atoms with Crippen molar-refractivity contribution in [3.8, 4) is 0 Å². The second-order valence-corrected chi connectivity index (χ2v) is 3.35. The Balaban J connectivity index is 1.83. The largest absolute Gasteiger partial charge is 0.360 e. The number of aryl methyl sites for hydroxylation is 1.